The molecule has 2 unspecified atom stereocenters. The van der Waals surface area contributed by atoms with E-state index in [1.54, 1.807) is 0 Å². The number of hydrogen-bond acceptors (Lipinski definition) is 4. The zero-order valence-corrected chi connectivity index (χ0v) is 8.73. The molecule has 2 aliphatic heterocycles. The van der Waals surface area contributed by atoms with Crippen molar-refractivity contribution < 1.29 is 4.74 Å². The molecule has 2 atom stereocenters. The number of ether oxygens (including phenoxy) is 1. The molecule has 4 rings (SSSR count). The minimum Gasteiger partial charge on any atom is -0.382 e. The fourth-order valence-electron chi connectivity index (χ4n) is 2.59. The molecule has 0 amide bonds. The van der Waals surface area contributed by atoms with Gasteiger partial charge in [-0.2, -0.15) is 5.10 Å². The first-order valence-electron chi connectivity index (χ1n) is 5.43. The van der Waals surface area contributed by atoms with E-state index in [9.17, 15) is 0 Å². The average Bonchev–Trinajstić information content (AvgIpc) is 2.69. The maximum absolute atomic E-state index is 5.82. The van der Waals surface area contributed by atoms with Crippen molar-refractivity contribution in [3.63, 3.8) is 0 Å². The van der Waals surface area contributed by atoms with Crippen LogP contribution in [0.1, 0.15) is 5.56 Å². The molecular formula is C11H12N4O. The summed E-state index contributed by atoms with van der Waals surface area (Å²) in [7, 11) is 0. The van der Waals surface area contributed by atoms with Gasteiger partial charge in [0, 0.05) is 24.0 Å². The van der Waals surface area contributed by atoms with Crippen LogP contribution >= 0.6 is 0 Å². The first kappa shape index (κ1) is 8.55. The van der Waals surface area contributed by atoms with Gasteiger partial charge in [-0.3, -0.25) is 10.00 Å². The lowest BCUT2D eigenvalue weighted by molar-refractivity contribution is 0.0589. The molecular weight excluding hydrogens is 204 g/mol. The highest BCUT2D eigenvalue weighted by atomic mass is 16.5. The van der Waals surface area contributed by atoms with Crippen LogP contribution in [0.3, 0.4) is 0 Å². The van der Waals surface area contributed by atoms with E-state index in [0.717, 1.165) is 30.6 Å². The van der Waals surface area contributed by atoms with Gasteiger partial charge in [0.1, 0.15) is 0 Å². The number of H-pyrrole nitrogens is 1. The van der Waals surface area contributed by atoms with Gasteiger partial charge in [-0.15, -0.1) is 0 Å². The van der Waals surface area contributed by atoms with Gasteiger partial charge in [0.05, 0.1) is 12.1 Å². The molecule has 16 heavy (non-hydrogen) atoms. The largest absolute Gasteiger partial charge is 0.382 e. The Balaban J connectivity index is 1.87. The molecule has 82 valence electrons. The lowest BCUT2D eigenvalue weighted by atomic mass is 10.1. The van der Waals surface area contributed by atoms with Crippen molar-refractivity contribution in [2.75, 3.05) is 25.4 Å². The maximum atomic E-state index is 5.82. The fraction of sp³-hybridized carbons (Fsp3) is 0.364. The number of anilines is 1. The second kappa shape index (κ2) is 2.56. The van der Waals surface area contributed by atoms with Gasteiger partial charge in [-0.05, 0) is 12.1 Å². The van der Waals surface area contributed by atoms with Gasteiger partial charge in [0.15, 0.2) is 11.5 Å². The van der Waals surface area contributed by atoms with Crippen molar-refractivity contribution in [3.8, 4) is 0 Å². The molecule has 0 saturated carbocycles. The van der Waals surface area contributed by atoms with Crippen LogP contribution in [0, 0.1) is 0 Å². The second-order valence-corrected chi connectivity index (χ2v) is 4.42. The van der Waals surface area contributed by atoms with Gasteiger partial charge in [-0.25, -0.2) is 0 Å². The Morgan fingerprint density at radius 1 is 1.50 bits per heavy atom. The third kappa shape index (κ3) is 0.898. The summed E-state index contributed by atoms with van der Waals surface area (Å²) in [5.41, 5.74) is 7.77. The number of nitrogens with two attached hydrogens (primary N) is 1. The highest BCUT2D eigenvalue weighted by Crippen LogP contribution is 2.47. The summed E-state index contributed by atoms with van der Waals surface area (Å²) in [4.78, 5) is 2.33. The topological polar surface area (TPSA) is 66.9 Å². The summed E-state index contributed by atoms with van der Waals surface area (Å²) in [6, 6.07) is 6.18. The molecule has 2 saturated heterocycles. The van der Waals surface area contributed by atoms with Gasteiger partial charge >= 0.3 is 0 Å². The summed E-state index contributed by atoms with van der Waals surface area (Å²) >= 11 is 0. The van der Waals surface area contributed by atoms with Crippen molar-refractivity contribution in [2.45, 2.75) is 5.72 Å². The van der Waals surface area contributed by atoms with E-state index in [2.05, 4.69) is 27.2 Å². The Hall–Kier alpha value is -1.59. The van der Waals surface area contributed by atoms with Crippen LogP contribution in [-0.4, -0.2) is 34.8 Å². The average molecular weight is 216 g/mol. The molecule has 3 heterocycles. The zero-order chi connectivity index (χ0) is 10.8. The SMILES string of the molecule is Nc1n[nH]c2cc(C34CN3CCO4)ccc12. The Bertz CT molecular complexity index is 578. The maximum Gasteiger partial charge on any atom is 0.161 e. The number of nitrogens with one attached hydrogen (secondary N) is 1. The van der Waals surface area contributed by atoms with Crippen LogP contribution in [0.25, 0.3) is 10.9 Å². The summed E-state index contributed by atoms with van der Waals surface area (Å²) in [5.74, 6) is 0.555. The number of fused-ring (bicyclic) bond motifs is 2. The normalized spacial score (nSPS) is 31.9. The Morgan fingerprint density at radius 3 is 3.19 bits per heavy atom. The van der Waals surface area contributed by atoms with Crippen LogP contribution in [0.15, 0.2) is 18.2 Å². The van der Waals surface area contributed by atoms with E-state index in [1.165, 1.54) is 5.56 Å². The molecule has 3 N–H and O–H groups in total. The number of hydrogen-bond donors (Lipinski definition) is 2. The Morgan fingerprint density at radius 2 is 2.44 bits per heavy atom. The van der Waals surface area contributed by atoms with Crippen molar-refractivity contribution in [1.29, 1.82) is 0 Å². The third-order valence-corrected chi connectivity index (χ3v) is 3.56. The number of aromatic amines is 1. The predicted octanol–water partition coefficient (Wildman–Crippen LogP) is 0.644. The van der Waals surface area contributed by atoms with Gasteiger partial charge in [0.2, 0.25) is 0 Å². The van der Waals surface area contributed by atoms with Gasteiger partial charge in [-0.1, -0.05) is 6.07 Å². The highest BCUT2D eigenvalue weighted by molar-refractivity contribution is 5.89. The smallest absolute Gasteiger partial charge is 0.161 e. The van der Waals surface area contributed by atoms with Crippen molar-refractivity contribution in [2.24, 2.45) is 0 Å². The van der Waals surface area contributed by atoms with E-state index in [0.29, 0.717) is 5.82 Å². The number of morpholine rings is 1. The lowest BCUT2D eigenvalue weighted by Crippen LogP contribution is -2.11. The van der Waals surface area contributed by atoms with Crippen LogP contribution in [-0.2, 0) is 10.5 Å². The zero-order valence-electron chi connectivity index (χ0n) is 8.73. The molecule has 2 aromatic rings. The first-order chi connectivity index (χ1) is 7.79. The van der Waals surface area contributed by atoms with Crippen molar-refractivity contribution in [1.82, 2.24) is 15.1 Å². The molecule has 2 aliphatic rings. The minimum absolute atomic E-state index is 0.145. The van der Waals surface area contributed by atoms with Crippen LogP contribution in [0.2, 0.25) is 0 Å². The Kier molecular flexibility index (Phi) is 1.37. The molecule has 1 aromatic heterocycles. The highest BCUT2D eigenvalue weighted by Gasteiger charge is 2.58. The van der Waals surface area contributed by atoms with Crippen molar-refractivity contribution in [3.05, 3.63) is 23.8 Å². The molecule has 5 heteroatoms. The third-order valence-electron chi connectivity index (χ3n) is 3.56. The molecule has 0 aliphatic carbocycles. The Labute approximate surface area is 92.2 Å². The van der Waals surface area contributed by atoms with Crippen LogP contribution < -0.4 is 5.73 Å². The number of rotatable bonds is 1. The van der Waals surface area contributed by atoms with Crippen LogP contribution in [0.5, 0.6) is 0 Å². The quantitative estimate of drug-likeness (QED) is 0.687. The molecule has 0 spiro atoms. The molecule has 0 radical (unpaired) electrons. The number of aromatic nitrogens is 2. The lowest BCUT2D eigenvalue weighted by Gasteiger charge is -2.11. The van der Waals surface area contributed by atoms with Gasteiger partial charge in [0.25, 0.3) is 0 Å². The number of nitrogen functional groups attached to an aromatic ring is 1. The number of benzene rings is 1. The van der Waals surface area contributed by atoms with E-state index >= 15 is 0 Å². The summed E-state index contributed by atoms with van der Waals surface area (Å²) in [6.07, 6.45) is 0. The molecule has 0 bridgehead atoms. The molecule has 2 fully saturated rings. The second-order valence-electron chi connectivity index (χ2n) is 4.42. The van der Waals surface area contributed by atoms with E-state index in [1.807, 2.05) is 6.07 Å². The van der Waals surface area contributed by atoms with Crippen molar-refractivity contribution >= 4 is 16.7 Å². The summed E-state index contributed by atoms with van der Waals surface area (Å²) in [5, 5.41) is 7.91. The fourth-order valence-corrected chi connectivity index (χ4v) is 2.59. The van der Waals surface area contributed by atoms with Crippen LogP contribution in [0.4, 0.5) is 5.82 Å². The minimum atomic E-state index is -0.145. The molecule has 5 nitrogen and oxygen atoms in total. The first-order valence-corrected chi connectivity index (χ1v) is 5.43. The monoisotopic (exact) mass is 216 g/mol. The standard InChI is InChI=1S/C11H12N4O/c12-10-8-2-1-7(5-9(8)13-14-10)11-6-15(11)3-4-16-11/h1-2,5H,3-4,6H2,(H3,12,13,14). The van der Waals surface area contributed by atoms with E-state index < -0.39 is 0 Å². The summed E-state index contributed by atoms with van der Waals surface area (Å²) < 4.78 is 5.82. The summed E-state index contributed by atoms with van der Waals surface area (Å²) in [6.45, 7) is 2.86. The molecule has 1 aromatic carbocycles. The van der Waals surface area contributed by atoms with Gasteiger partial charge < -0.3 is 10.5 Å². The predicted molar refractivity (Wildman–Crippen MR) is 59.7 cm³/mol. The van der Waals surface area contributed by atoms with E-state index in [-0.39, 0.29) is 5.72 Å². The van der Waals surface area contributed by atoms with E-state index in [4.69, 9.17) is 10.5 Å². The number of nitrogens with zero attached hydrogens (tertiary/aromatic N) is 2.